The largest absolute Gasteiger partial charge is 0.326 e. The highest BCUT2D eigenvalue weighted by Gasteiger charge is 2.32. The molecular formula is C15H30N2. The molecule has 1 unspecified atom stereocenters. The van der Waals surface area contributed by atoms with Gasteiger partial charge in [-0.2, -0.15) is 0 Å². The van der Waals surface area contributed by atoms with E-state index in [-0.39, 0.29) is 0 Å². The van der Waals surface area contributed by atoms with Crippen molar-refractivity contribution < 1.29 is 0 Å². The summed E-state index contributed by atoms with van der Waals surface area (Å²) in [5.41, 5.74) is 6.45. The van der Waals surface area contributed by atoms with Crippen molar-refractivity contribution in [1.29, 1.82) is 0 Å². The van der Waals surface area contributed by atoms with Crippen LogP contribution in [0.2, 0.25) is 0 Å². The van der Waals surface area contributed by atoms with Crippen LogP contribution < -0.4 is 5.73 Å². The molecule has 2 heteroatoms. The second-order valence-corrected chi connectivity index (χ2v) is 6.64. The van der Waals surface area contributed by atoms with E-state index >= 15 is 0 Å². The van der Waals surface area contributed by atoms with Crippen LogP contribution in [0.4, 0.5) is 0 Å². The van der Waals surface area contributed by atoms with Crippen LogP contribution in [0.3, 0.4) is 0 Å². The van der Waals surface area contributed by atoms with E-state index in [0.717, 1.165) is 24.4 Å². The van der Waals surface area contributed by atoms with Gasteiger partial charge in [-0.1, -0.05) is 33.1 Å². The zero-order valence-corrected chi connectivity index (χ0v) is 11.7. The zero-order valence-electron chi connectivity index (χ0n) is 11.7. The summed E-state index contributed by atoms with van der Waals surface area (Å²) in [7, 11) is 0. The van der Waals surface area contributed by atoms with E-state index in [0.29, 0.717) is 6.04 Å². The monoisotopic (exact) mass is 238 g/mol. The molecule has 100 valence electrons. The zero-order chi connectivity index (χ0) is 12.3. The Hall–Kier alpha value is -0.0800. The summed E-state index contributed by atoms with van der Waals surface area (Å²) < 4.78 is 0. The van der Waals surface area contributed by atoms with Gasteiger partial charge in [0.15, 0.2) is 0 Å². The Morgan fingerprint density at radius 1 is 1.00 bits per heavy atom. The summed E-state index contributed by atoms with van der Waals surface area (Å²) in [6.45, 7) is 7.03. The van der Waals surface area contributed by atoms with Gasteiger partial charge in [-0.05, 0) is 37.5 Å². The lowest BCUT2D eigenvalue weighted by atomic mass is 9.84. The molecule has 0 radical (unpaired) electrons. The maximum Gasteiger partial charge on any atom is 0.0196 e. The van der Waals surface area contributed by atoms with Crippen molar-refractivity contribution in [3.8, 4) is 0 Å². The molecule has 1 atom stereocenters. The fourth-order valence-electron chi connectivity index (χ4n) is 3.26. The SMILES string of the molecule is CC(C)CN(CC(N)C1CCCCC1)C1CC1. The highest BCUT2D eigenvalue weighted by molar-refractivity contribution is 4.88. The topological polar surface area (TPSA) is 29.3 Å². The summed E-state index contributed by atoms with van der Waals surface area (Å²) >= 11 is 0. The number of nitrogens with zero attached hydrogens (tertiary/aromatic N) is 1. The Morgan fingerprint density at radius 3 is 2.18 bits per heavy atom. The van der Waals surface area contributed by atoms with Gasteiger partial charge in [-0.15, -0.1) is 0 Å². The van der Waals surface area contributed by atoms with E-state index in [9.17, 15) is 0 Å². The van der Waals surface area contributed by atoms with E-state index in [1.54, 1.807) is 0 Å². The van der Waals surface area contributed by atoms with Gasteiger partial charge in [-0.25, -0.2) is 0 Å². The van der Waals surface area contributed by atoms with Gasteiger partial charge in [0.1, 0.15) is 0 Å². The van der Waals surface area contributed by atoms with E-state index in [4.69, 9.17) is 5.73 Å². The lowest BCUT2D eigenvalue weighted by Crippen LogP contribution is -2.45. The molecule has 0 aliphatic heterocycles. The minimum atomic E-state index is 0.426. The van der Waals surface area contributed by atoms with Crippen LogP contribution >= 0.6 is 0 Å². The summed E-state index contributed by atoms with van der Waals surface area (Å²) in [6.07, 6.45) is 9.82. The molecule has 2 N–H and O–H groups in total. The normalized spacial score (nSPS) is 24.5. The standard InChI is InChI=1S/C15H30N2/c1-12(2)10-17(14-8-9-14)11-15(16)13-6-4-3-5-7-13/h12-15H,3-11,16H2,1-2H3. The Bertz CT molecular complexity index is 217. The van der Waals surface area contributed by atoms with Crippen molar-refractivity contribution in [1.82, 2.24) is 4.90 Å². The Kier molecular flexibility index (Phi) is 4.87. The Morgan fingerprint density at radius 2 is 1.65 bits per heavy atom. The Balaban J connectivity index is 1.79. The third kappa shape index (κ3) is 4.26. The van der Waals surface area contributed by atoms with Gasteiger partial charge in [-0.3, -0.25) is 4.90 Å². The third-order valence-corrected chi connectivity index (χ3v) is 4.36. The molecule has 2 rings (SSSR count). The third-order valence-electron chi connectivity index (χ3n) is 4.36. The van der Waals surface area contributed by atoms with E-state index in [2.05, 4.69) is 18.7 Å². The maximum absolute atomic E-state index is 6.45. The van der Waals surface area contributed by atoms with E-state index < -0.39 is 0 Å². The minimum Gasteiger partial charge on any atom is -0.326 e. The number of nitrogens with two attached hydrogens (primary N) is 1. The van der Waals surface area contributed by atoms with Crippen LogP contribution in [0, 0.1) is 11.8 Å². The molecule has 0 heterocycles. The van der Waals surface area contributed by atoms with Gasteiger partial charge in [0.05, 0.1) is 0 Å². The van der Waals surface area contributed by atoms with Gasteiger partial charge in [0.25, 0.3) is 0 Å². The van der Waals surface area contributed by atoms with Crippen molar-refractivity contribution in [2.24, 2.45) is 17.6 Å². The molecule has 0 aromatic heterocycles. The number of rotatable bonds is 6. The first-order valence-electron chi connectivity index (χ1n) is 7.66. The summed E-state index contributed by atoms with van der Waals surface area (Å²) in [6, 6.07) is 1.29. The highest BCUT2D eigenvalue weighted by Crippen LogP contribution is 2.30. The second kappa shape index (κ2) is 6.19. The average molecular weight is 238 g/mol. The molecule has 0 aromatic carbocycles. The molecule has 0 saturated heterocycles. The van der Waals surface area contributed by atoms with Crippen molar-refractivity contribution in [2.45, 2.75) is 70.9 Å². The molecule has 2 saturated carbocycles. The van der Waals surface area contributed by atoms with Crippen LogP contribution in [0.25, 0.3) is 0 Å². The molecule has 2 aliphatic carbocycles. The quantitative estimate of drug-likeness (QED) is 0.771. The first-order valence-corrected chi connectivity index (χ1v) is 7.66. The smallest absolute Gasteiger partial charge is 0.0196 e. The van der Waals surface area contributed by atoms with Crippen LogP contribution in [0.15, 0.2) is 0 Å². The van der Waals surface area contributed by atoms with Crippen LogP contribution in [-0.4, -0.2) is 30.1 Å². The van der Waals surface area contributed by atoms with Gasteiger partial charge >= 0.3 is 0 Å². The summed E-state index contributed by atoms with van der Waals surface area (Å²) in [5, 5.41) is 0. The lowest BCUT2D eigenvalue weighted by Gasteiger charge is -2.33. The van der Waals surface area contributed by atoms with Crippen LogP contribution in [0.1, 0.15) is 58.8 Å². The van der Waals surface area contributed by atoms with E-state index in [1.165, 1.54) is 51.5 Å². The van der Waals surface area contributed by atoms with Gasteiger partial charge in [0, 0.05) is 25.2 Å². The van der Waals surface area contributed by atoms with Crippen LogP contribution in [0.5, 0.6) is 0 Å². The maximum atomic E-state index is 6.45. The molecule has 2 aliphatic rings. The van der Waals surface area contributed by atoms with Crippen molar-refractivity contribution in [3.05, 3.63) is 0 Å². The van der Waals surface area contributed by atoms with Gasteiger partial charge in [0.2, 0.25) is 0 Å². The number of hydrogen-bond donors (Lipinski definition) is 1. The first-order chi connectivity index (χ1) is 8.16. The van der Waals surface area contributed by atoms with Crippen molar-refractivity contribution in [2.75, 3.05) is 13.1 Å². The molecule has 2 nitrogen and oxygen atoms in total. The van der Waals surface area contributed by atoms with Crippen molar-refractivity contribution >= 4 is 0 Å². The molecule has 0 amide bonds. The first kappa shape index (κ1) is 13.4. The predicted molar refractivity (Wildman–Crippen MR) is 74.0 cm³/mol. The molecule has 0 spiro atoms. The second-order valence-electron chi connectivity index (χ2n) is 6.64. The summed E-state index contributed by atoms with van der Waals surface area (Å²) in [4.78, 5) is 2.67. The molecule has 2 fully saturated rings. The molecular weight excluding hydrogens is 208 g/mol. The van der Waals surface area contributed by atoms with Crippen LogP contribution in [-0.2, 0) is 0 Å². The van der Waals surface area contributed by atoms with E-state index in [1.807, 2.05) is 0 Å². The fraction of sp³-hybridized carbons (Fsp3) is 1.00. The summed E-state index contributed by atoms with van der Waals surface area (Å²) in [5.74, 6) is 1.58. The number of hydrogen-bond acceptors (Lipinski definition) is 2. The minimum absolute atomic E-state index is 0.426. The van der Waals surface area contributed by atoms with Crippen molar-refractivity contribution in [3.63, 3.8) is 0 Å². The molecule has 0 aromatic rings. The fourth-order valence-corrected chi connectivity index (χ4v) is 3.26. The predicted octanol–water partition coefficient (Wildman–Crippen LogP) is 3.01. The Labute approximate surface area is 107 Å². The highest BCUT2D eigenvalue weighted by atomic mass is 15.2. The average Bonchev–Trinajstić information content (AvgIpc) is 3.12. The lowest BCUT2D eigenvalue weighted by molar-refractivity contribution is 0.183. The molecule has 17 heavy (non-hydrogen) atoms. The molecule has 0 bridgehead atoms. The van der Waals surface area contributed by atoms with Gasteiger partial charge < -0.3 is 5.73 Å².